The van der Waals surface area contributed by atoms with Gasteiger partial charge in [-0.25, -0.2) is 16.8 Å². The Bertz CT molecular complexity index is 915. The van der Waals surface area contributed by atoms with Gasteiger partial charge in [-0.1, -0.05) is 36.4 Å². The van der Waals surface area contributed by atoms with Crippen LogP contribution in [0, 0.1) is 6.92 Å². The molecule has 0 saturated carbocycles. The van der Waals surface area contributed by atoms with Crippen molar-refractivity contribution in [2.75, 3.05) is 0 Å². The zero-order valence-electron chi connectivity index (χ0n) is 10.4. The van der Waals surface area contributed by atoms with Crippen LogP contribution in [-0.4, -0.2) is 16.8 Å². The third-order valence-corrected chi connectivity index (χ3v) is 6.70. The number of rotatable bonds is 1. The Hall–Kier alpha value is -1.70. The smallest absolute Gasteiger partial charge is 0.114 e. The highest BCUT2D eigenvalue weighted by molar-refractivity contribution is 8.14. The molecule has 0 unspecified atom stereocenters. The van der Waals surface area contributed by atoms with Gasteiger partial charge in [0.2, 0.25) is 0 Å². The van der Waals surface area contributed by atoms with Crippen LogP contribution >= 0.6 is 0 Å². The molecule has 0 radical (unpaired) electrons. The number of benzene rings is 2. The Morgan fingerprint density at radius 3 is 2.15 bits per heavy atom. The van der Waals surface area contributed by atoms with E-state index in [1.807, 2.05) is 19.1 Å². The number of aryl methyl sites for hydroxylation is 1. The van der Waals surface area contributed by atoms with Crippen molar-refractivity contribution < 1.29 is 16.8 Å². The van der Waals surface area contributed by atoms with Crippen LogP contribution in [0.2, 0.25) is 0 Å². The number of fused-ring (bicyclic) bond motifs is 1. The first kappa shape index (κ1) is 13.3. The van der Waals surface area contributed by atoms with Gasteiger partial charge in [0.25, 0.3) is 0 Å². The maximum absolute atomic E-state index is 12.0. The molecule has 5 nitrogen and oxygen atoms in total. The highest BCUT2D eigenvalue weighted by Crippen LogP contribution is 2.44. The summed E-state index contributed by atoms with van der Waals surface area (Å²) in [6.07, 6.45) is 0. The van der Waals surface area contributed by atoms with Crippen molar-refractivity contribution in [1.29, 1.82) is 0 Å². The highest BCUT2D eigenvalue weighted by Gasteiger charge is 2.30. The van der Waals surface area contributed by atoms with Crippen LogP contribution < -0.4 is 0 Å². The van der Waals surface area contributed by atoms with E-state index >= 15 is 0 Å². The zero-order chi connectivity index (χ0) is 14.5. The van der Waals surface area contributed by atoms with Crippen molar-refractivity contribution in [3.8, 4) is 11.1 Å². The molecule has 0 saturated heterocycles. The van der Waals surface area contributed by atoms with Gasteiger partial charge in [-0.05, 0) is 24.1 Å². The van der Waals surface area contributed by atoms with Gasteiger partial charge < -0.3 is 4.13 Å². The van der Waals surface area contributed by atoms with E-state index in [0.29, 0.717) is 11.1 Å². The van der Waals surface area contributed by atoms with Crippen molar-refractivity contribution in [2.24, 2.45) is 0 Å². The maximum atomic E-state index is 12.0. The fourth-order valence-electron chi connectivity index (χ4n) is 2.28. The van der Waals surface area contributed by atoms with E-state index in [1.165, 1.54) is 12.1 Å². The summed E-state index contributed by atoms with van der Waals surface area (Å²) in [7, 11) is -8.29. The average Bonchev–Trinajstić information content (AvgIpc) is 2.56. The predicted molar refractivity (Wildman–Crippen MR) is 74.3 cm³/mol. The number of nitrogens with zero attached hydrogens (tertiary/aromatic N) is 1. The largest absolute Gasteiger partial charge is 0.427 e. The lowest BCUT2D eigenvalue weighted by atomic mass is 10.0. The molecule has 1 heterocycles. The Labute approximate surface area is 117 Å². The van der Waals surface area contributed by atoms with E-state index in [-0.39, 0.29) is 9.79 Å². The lowest BCUT2D eigenvalue weighted by molar-refractivity contribution is 0.603. The van der Waals surface area contributed by atoms with Gasteiger partial charge in [-0.15, -0.1) is 0 Å². The van der Waals surface area contributed by atoms with Gasteiger partial charge in [0.05, 0.1) is 9.79 Å². The molecule has 0 amide bonds. The Morgan fingerprint density at radius 2 is 1.45 bits per heavy atom. The molecule has 3 rings (SSSR count). The van der Waals surface area contributed by atoms with Gasteiger partial charge in [0.15, 0.2) is 0 Å². The maximum Gasteiger partial charge on any atom is 0.114 e. The minimum atomic E-state index is -4.17. The SMILES string of the molecule is Cc1ccccc1-c1cccc2c1S(=O)(=O)[N-]S2(=O)=O. The summed E-state index contributed by atoms with van der Waals surface area (Å²) in [5.41, 5.74) is 1.91. The van der Waals surface area contributed by atoms with Crippen LogP contribution in [-0.2, 0) is 20.0 Å². The molecule has 0 aromatic heterocycles. The van der Waals surface area contributed by atoms with E-state index in [9.17, 15) is 16.8 Å². The Kier molecular flexibility index (Phi) is 2.75. The molecular formula is C13H10NO4S2-. The summed E-state index contributed by atoms with van der Waals surface area (Å²) in [6.45, 7) is 1.84. The molecule has 2 aromatic rings. The van der Waals surface area contributed by atoms with Crippen molar-refractivity contribution >= 4 is 20.0 Å². The van der Waals surface area contributed by atoms with Crippen LogP contribution in [0.1, 0.15) is 5.56 Å². The lowest BCUT2D eigenvalue weighted by Crippen LogP contribution is -1.96. The minimum absolute atomic E-state index is 0.227. The van der Waals surface area contributed by atoms with Gasteiger partial charge in [-0.3, -0.25) is 0 Å². The van der Waals surface area contributed by atoms with Crippen molar-refractivity contribution in [1.82, 2.24) is 0 Å². The van der Waals surface area contributed by atoms with Crippen molar-refractivity contribution in [3.05, 3.63) is 52.2 Å². The van der Waals surface area contributed by atoms with Crippen LogP contribution in [0.25, 0.3) is 15.3 Å². The van der Waals surface area contributed by atoms with E-state index in [4.69, 9.17) is 0 Å². The van der Waals surface area contributed by atoms with E-state index in [1.54, 1.807) is 18.2 Å². The number of sulfonamides is 2. The molecular weight excluding hydrogens is 298 g/mol. The van der Waals surface area contributed by atoms with Crippen LogP contribution in [0.5, 0.6) is 0 Å². The second-order valence-corrected chi connectivity index (χ2v) is 7.82. The lowest BCUT2D eigenvalue weighted by Gasteiger charge is -2.11. The quantitative estimate of drug-likeness (QED) is 0.810. The molecule has 0 spiro atoms. The topological polar surface area (TPSA) is 82.4 Å². The standard InChI is InChI=1S/C13H10NO4S2/c1-9-5-2-3-6-10(9)11-7-4-8-12-13(11)20(17,18)14-19(12,15)16/h2-8H,1H3/q-1. The van der Waals surface area contributed by atoms with Crippen LogP contribution in [0.15, 0.2) is 52.3 Å². The molecule has 0 aliphatic carbocycles. The average molecular weight is 308 g/mol. The zero-order valence-corrected chi connectivity index (χ0v) is 12.1. The summed E-state index contributed by atoms with van der Waals surface area (Å²) in [6, 6.07) is 11.6. The molecule has 0 fully saturated rings. The van der Waals surface area contributed by atoms with Crippen LogP contribution in [0.3, 0.4) is 0 Å². The second-order valence-electron chi connectivity index (χ2n) is 4.47. The minimum Gasteiger partial charge on any atom is -0.427 e. The van der Waals surface area contributed by atoms with Crippen molar-refractivity contribution in [2.45, 2.75) is 16.7 Å². The molecule has 7 heteroatoms. The van der Waals surface area contributed by atoms with E-state index < -0.39 is 20.0 Å². The fourth-order valence-corrected chi connectivity index (χ4v) is 5.94. The summed E-state index contributed by atoms with van der Waals surface area (Å²) in [4.78, 5) is -0.479. The monoisotopic (exact) mass is 308 g/mol. The Morgan fingerprint density at radius 1 is 0.800 bits per heavy atom. The first-order valence-corrected chi connectivity index (χ1v) is 8.64. The molecule has 0 bridgehead atoms. The molecule has 2 aromatic carbocycles. The first-order valence-electron chi connectivity index (χ1n) is 5.76. The van der Waals surface area contributed by atoms with E-state index in [0.717, 1.165) is 5.56 Å². The normalized spacial score (nSPS) is 18.6. The highest BCUT2D eigenvalue weighted by atomic mass is 32.3. The van der Waals surface area contributed by atoms with Gasteiger partial charge in [-0.2, -0.15) is 0 Å². The van der Waals surface area contributed by atoms with Crippen molar-refractivity contribution in [3.63, 3.8) is 0 Å². The summed E-state index contributed by atoms with van der Waals surface area (Å²) >= 11 is 0. The third-order valence-electron chi connectivity index (χ3n) is 3.15. The Balaban J connectivity index is 2.44. The molecule has 1 aliphatic rings. The summed E-state index contributed by atoms with van der Waals surface area (Å²) < 4.78 is 50.6. The van der Waals surface area contributed by atoms with Gasteiger partial charge in [0.1, 0.15) is 20.0 Å². The number of hydrogen-bond acceptors (Lipinski definition) is 4. The third kappa shape index (κ3) is 1.86. The fraction of sp³-hybridized carbons (Fsp3) is 0.0769. The van der Waals surface area contributed by atoms with Gasteiger partial charge in [0, 0.05) is 5.56 Å². The van der Waals surface area contributed by atoms with Gasteiger partial charge >= 0.3 is 0 Å². The molecule has 0 atom stereocenters. The van der Waals surface area contributed by atoms with Crippen LogP contribution in [0.4, 0.5) is 0 Å². The molecule has 0 N–H and O–H groups in total. The predicted octanol–water partition coefficient (Wildman–Crippen LogP) is 2.43. The molecule has 104 valence electrons. The first-order chi connectivity index (χ1) is 9.33. The molecule has 1 aliphatic heterocycles. The molecule has 20 heavy (non-hydrogen) atoms. The van der Waals surface area contributed by atoms with E-state index in [2.05, 4.69) is 4.13 Å². The second kappa shape index (κ2) is 4.15. The summed E-state index contributed by atoms with van der Waals surface area (Å²) in [5, 5.41) is 0. The summed E-state index contributed by atoms with van der Waals surface area (Å²) in [5.74, 6) is 0. The number of hydrogen-bond donors (Lipinski definition) is 0.